The fourth-order valence-electron chi connectivity index (χ4n) is 0. The molecule has 0 aromatic carbocycles. The summed E-state index contributed by atoms with van der Waals surface area (Å²) in [5.74, 6) is 0. The Kier molecular flexibility index (Phi) is 118. The zero-order valence-electron chi connectivity index (χ0n) is 1.77. The van der Waals surface area contributed by atoms with Gasteiger partial charge in [-0.25, -0.2) is 0 Å². The summed E-state index contributed by atoms with van der Waals surface area (Å²) in [6.45, 7) is 0. The van der Waals surface area contributed by atoms with E-state index in [4.69, 9.17) is 4.22 Å². The minimum atomic E-state index is 0. The topological polar surface area (TPSA) is 20.2 Å². The van der Waals surface area contributed by atoms with E-state index in [1.807, 2.05) is 0 Å². The summed E-state index contributed by atoms with van der Waals surface area (Å²) in [4.78, 5) is 0. The SMILES string of the molecule is [Cr].[La].[OH][Co].[SrH2]. The second-order valence-corrected chi connectivity index (χ2v) is 0. The Morgan fingerprint density at radius 2 is 1.20 bits per heavy atom. The molecular formula is H3CoCrLaOSr. The molecule has 0 aliphatic carbocycles. The van der Waals surface area contributed by atoms with Gasteiger partial charge in [-0.2, -0.15) is 0 Å². The third-order valence-electron chi connectivity index (χ3n) is 0. The zero-order chi connectivity index (χ0) is 2.00. The molecule has 0 bridgehead atoms. The van der Waals surface area contributed by atoms with Gasteiger partial charge in [-0.1, -0.05) is 0 Å². The fourth-order valence-corrected chi connectivity index (χ4v) is 0. The molecule has 0 aliphatic heterocycles. The summed E-state index contributed by atoms with van der Waals surface area (Å²) in [5.41, 5.74) is 0. The first-order valence-corrected chi connectivity index (χ1v) is 0.615. The predicted octanol–water partition coefficient (Wildman–Crippen LogP) is -1.48. The van der Waals surface area contributed by atoms with Crippen molar-refractivity contribution in [1.29, 1.82) is 0 Å². The molecule has 1 nitrogen and oxygen atoms in total. The van der Waals surface area contributed by atoms with Crippen LogP contribution in [0.1, 0.15) is 0 Å². The minimum absolute atomic E-state index is 0. The Hall–Kier alpha value is 3.67. The van der Waals surface area contributed by atoms with Gasteiger partial charge < -0.3 is 0 Å². The summed E-state index contributed by atoms with van der Waals surface area (Å²) in [6.07, 6.45) is 0. The van der Waals surface area contributed by atoms with Crippen LogP contribution in [0.3, 0.4) is 0 Å². The predicted molar refractivity (Wildman–Crippen MR) is 10.8 cm³/mol. The standard InChI is InChI=1S/Co.Cr.La.H2O.Sr.2H/h;;;1H2;;;/q+1;;;;;;/p-1. The van der Waals surface area contributed by atoms with Gasteiger partial charge in [-0.3, -0.25) is 0 Å². The van der Waals surface area contributed by atoms with E-state index in [0.29, 0.717) is 0 Å². The average Bonchev–Trinajstić information content (AvgIpc) is 1.00. The van der Waals surface area contributed by atoms with Crippen LogP contribution in [0.5, 0.6) is 0 Å². The summed E-state index contributed by atoms with van der Waals surface area (Å²) >= 11 is 2.56. The maximum absolute atomic E-state index is 6.69. The maximum atomic E-state index is 6.69. The molecule has 0 aromatic heterocycles. The molecule has 1 radical (unpaired) electrons. The van der Waals surface area contributed by atoms with Crippen LogP contribution in [0.4, 0.5) is 0 Å². The fraction of sp³-hybridized carbons (Fsp3) is 0. The molecular weight excluding hydrogens is 353 g/mol. The van der Waals surface area contributed by atoms with Crippen LogP contribution in [-0.4, -0.2) is 49.7 Å². The monoisotopic (exact) mass is 357 g/mol. The summed E-state index contributed by atoms with van der Waals surface area (Å²) < 4.78 is 6.69. The molecule has 0 heterocycles. The quantitative estimate of drug-likeness (QED) is 0.525. The Morgan fingerprint density at radius 1 is 1.20 bits per heavy atom. The average molecular weight is 356 g/mol. The van der Waals surface area contributed by atoms with Gasteiger partial charge in [0.2, 0.25) is 0 Å². The molecule has 29 valence electrons. The molecule has 5 heavy (non-hydrogen) atoms. The van der Waals surface area contributed by atoms with Crippen molar-refractivity contribution in [2.45, 2.75) is 0 Å². The van der Waals surface area contributed by atoms with Gasteiger partial charge in [0.25, 0.3) is 0 Å². The Balaban J connectivity index is -0.00000000167. The Bertz CT molecular complexity index is 11.6. The van der Waals surface area contributed by atoms with E-state index in [1.165, 1.54) is 0 Å². The molecule has 5 heteroatoms. The summed E-state index contributed by atoms with van der Waals surface area (Å²) in [6, 6.07) is 0. The van der Waals surface area contributed by atoms with Gasteiger partial charge in [0, 0.05) is 53.0 Å². The molecule has 0 aromatic rings. The molecule has 0 saturated heterocycles. The van der Waals surface area contributed by atoms with Crippen molar-refractivity contribution < 1.29 is 73.2 Å². The summed E-state index contributed by atoms with van der Waals surface area (Å²) in [5, 5.41) is 0. The van der Waals surface area contributed by atoms with Crippen molar-refractivity contribution >= 4 is 45.5 Å². The molecule has 0 rings (SSSR count). The van der Waals surface area contributed by atoms with Crippen LogP contribution < -0.4 is 0 Å². The number of hydrogen-bond acceptors (Lipinski definition) is 1. The first-order chi connectivity index (χ1) is 1.00. The number of rotatable bonds is 0. The first-order valence-electron chi connectivity index (χ1n) is 0.149. The molecule has 0 spiro atoms. The first kappa shape index (κ1) is 23.4. The Morgan fingerprint density at radius 3 is 1.20 bits per heavy atom. The van der Waals surface area contributed by atoms with E-state index in [-0.39, 0.29) is 98.4 Å². The molecule has 0 aliphatic rings. The third-order valence-corrected chi connectivity index (χ3v) is 0. The van der Waals surface area contributed by atoms with Crippen LogP contribution in [-0.2, 0) is 33.4 Å². The van der Waals surface area contributed by atoms with Gasteiger partial charge in [0.05, 0.1) is 0 Å². The molecule has 0 fully saturated rings. The van der Waals surface area contributed by atoms with E-state index < -0.39 is 0 Å². The van der Waals surface area contributed by atoms with Crippen LogP contribution in [0.15, 0.2) is 0 Å². The molecule has 0 atom stereocenters. The van der Waals surface area contributed by atoms with Crippen LogP contribution in [0, 0.1) is 35.6 Å². The van der Waals surface area contributed by atoms with E-state index in [9.17, 15) is 0 Å². The van der Waals surface area contributed by atoms with Crippen molar-refractivity contribution in [3.8, 4) is 0 Å². The van der Waals surface area contributed by atoms with Crippen molar-refractivity contribution in [3.05, 3.63) is 0 Å². The molecule has 0 unspecified atom stereocenters. The molecule has 0 saturated carbocycles. The van der Waals surface area contributed by atoms with Crippen molar-refractivity contribution in [2.75, 3.05) is 0 Å². The van der Waals surface area contributed by atoms with Crippen LogP contribution in [0.25, 0.3) is 0 Å². The van der Waals surface area contributed by atoms with E-state index in [2.05, 4.69) is 16.1 Å². The van der Waals surface area contributed by atoms with Gasteiger partial charge in [0.1, 0.15) is 0 Å². The van der Waals surface area contributed by atoms with Crippen LogP contribution in [0.2, 0.25) is 0 Å². The van der Waals surface area contributed by atoms with E-state index in [0.717, 1.165) is 0 Å². The van der Waals surface area contributed by atoms with Gasteiger partial charge >= 0.3 is 65.8 Å². The van der Waals surface area contributed by atoms with Crippen molar-refractivity contribution in [2.24, 2.45) is 0 Å². The normalized spacial score (nSPS) is 1.40. The van der Waals surface area contributed by atoms with E-state index in [1.54, 1.807) is 0 Å². The summed E-state index contributed by atoms with van der Waals surface area (Å²) in [7, 11) is 0. The van der Waals surface area contributed by atoms with Crippen molar-refractivity contribution in [1.82, 2.24) is 0 Å². The van der Waals surface area contributed by atoms with Gasteiger partial charge in [-0.15, -0.1) is 0 Å². The van der Waals surface area contributed by atoms with Gasteiger partial charge in [0.15, 0.2) is 0 Å². The molecule has 1 N–H and O–H groups in total. The second kappa shape index (κ2) is 25.3. The van der Waals surface area contributed by atoms with Crippen LogP contribution >= 0.6 is 0 Å². The molecule has 0 amide bonds. The van der Waals surface area contributed by atoms with Gasteiger partial charge in [-0.05, 0) is 0 Å². The van der Waals surface area contributed by atoms with E-state index >= 15 is 0 Å². The number of hydrogen-bond donors (Lipinski definition) is 1. The third kappa shape index (κ3) is 18.3. The van der Waals surface area contributed by atoms with Crippen molar-refractivity contribution in [3.63, 3.8) is 0 Å². The second-order valence-electron chi connectivity index (χ2n) is 0. The zero-order valence-corrected chi connectivity index (χ0v) is 7.71. The Labute approximate surface area is 116 Å².